The van der Waals surface area contributed by atoms with E-state index >= 15 is 0 Å². The van der Waals surface area contributed by atoms with Gasteiger partial charge in [-0.2, -0.15) is 0 Å². The molecule has 1 atom stereocenters. The number of hydrogen-bond acceptors (Lipinski definition) is 3. The molecule has 0 radical (unpaired) electrons. The quantitative estimate of drug-likeness (QED) is 0.798. The molecular weight excluding hydrogens is 214 g/mol. The second-order valence-electron chi connectivity index (χ2n) is 4.99. The van der Waals surface area contributed by atoms with E-state index in [4.69, 9.17) is 4.74 Å². The Morgan fingerprint density at radius 1 is 1.29 bits per heavy atom. The zero-order valence-electron chi connectivity index (χ0n) is 11.2. The maximum absolute atomic E-state index is 9.56. The predicted octanol–water partition coefficient (Wildman–Crippen LogP) is 2.51. The lowest BCUT2D eigenvalue weighted by molar-refractivity contribution is 0.0553. The van der Waals surface area contributed by atoms with Gasteiger partial charge in [-0.3, -0.25) is 0 Å². The third kappa shape index (κ3) is 5.20. The number of nitrogens with one attached hydrogen (secondary N) is 1. The maximum Gasteiger partial charge on any atom is 0.119 e. The molecular formula is C14H23NO2. The number of hydrogen-bond donors (Lipinski definition) is 2. The monoisotopic (exact) mass is 237 g/mol. The molecule has 3 nitrogen and oxygen atoms in total. The van der Waals surface area contributed by atoms with Crippen LogP contribution in [0.5, 0.6) is 5.75 Å². The van der Waals surface area contributed by atoms with Crippen molar-refractivity contribution in [3.63, 3.8) is 0 Å². The lowest BCUT2D eigenvalue weighted by Crippen LogP contribution is -2.21. The van der Waals surface area contributed by atoms with Gasteiger partial charge in [-0.1, -0.05) is 12.1 Å². The van der Waals surface area contributed by atoms with Gasteiger partial charge < -0.3 is 15.2 Å². The minimum absolute atomic E-state index is 0.348. The second-order valence-corrected chi connectivity index (χ2v) is 4.99. The summed E-state index contributed by atoms with van der Waals surface area (Å²) in [6.07, 6.45) is 0.627. The van der Waals surface area contributed by atoms with Gasteiger partial charge in [0.15, 0.2) is 0 Å². The molecule has 0 heterocycles. The molecule has 0 aliphatic carbocycles. The van der Waals surface area contributed by atoms with Crippen molar-refractivity contribution in [2.24, 2.45) is 0 Å². The van der Waals surface area contributed by atoms with E-state index in [2.05, 4.69) is 24.4 Å². The summed E-state index contributed by atoms with van der Waals surface area (Å²) in [7, 11) is 1.94. The highest BCUT2D eigenvalue weighted by Crippen LogP contribution is 2.18. The Hall–Kier alpha value is -1.06. The van der Waals surface area contributed by atoms with E-state index in [1.807, 2.05) is 19.2 Å². The number of benzene rings is 1. The summed E-state index contributed by atoms with van der Waals surface area (Å²) < 4.78 is 5.57. The third-order valence-electron chi connectivity index (χ3n) is 2.80. The van der Waals surface area contributed by atoms with E-state index in [1.54, 1.807) is 13.8 Å². The van der Waals surface area contributed by atoms with Crippen molar-refractivity contribution in [2.45, 2.75) is 38.8 Å². The van der Waals surface area contributed by atoms with E-state index in [0.29, 0.717) is 19.1 Å². The summed E-state index contributed by atoms with van der Waals surface area (Å²) in [6.45, 7) is 6.22. The van der Waals surface area contributed by atoms with Gasteiger partial charge in [0.05, 0.1) is 12.2 Å². The van der Waals surface area contributed by atoms with Crippen molar-refractivity contribution in [2.75, 3.05) is 13.7 Å². The lowest BCUT2D eigenvalue weighted by atomic mass is 10.1. The SMILES string of the molecule is CNC(C)c1ccc(OCCC(C)(C)O)cc1. The van der Waals surface area contributed by atoms with Crippen LogP contribution in [-0.2, 0) is 0 Å². The zero-order chi connectivity index (χ0) is 12.9. The van der Waals surface area contributed by atoms with Crippen molar-refractivity contribution in [3.05, 3.63) is 29.8 Å². The smallest absolute Gasteiger partial charge is 0.119 e. The van der Waals surface area contributed by atoms with E-state index in [9.17, 15) is 5.11 Å². The minimum atomic E-state index is -0.666. The van der Waals surface area contributed by atoms with Crippen molar-refractivity contribution in [1.29, 1.82) is 0 Å². The van der Waals surface area contributed by atoms with Gasteiger partial charge in [0, 0.05) is 12.5 Å². The first-order valence-electron chi connectivity index (χ1n) is 6.05. The third-order valence-corrected chi connectivity index (χ3v) is 2.80. The van der Waals surface area contributed by atoms with Crippen LogP contribution in [0.15, 0.2) is 24.3 Å². The molecule has 0 saturated carbocycles. The number of rotatable bonds is 6. The van der Waals surface area contributed by atoms with Gasteiger partial charge in [0.1, 0.15) is 5.75 Å². The fourth-order valence-corrected chi connectivity index (χ4v) is 1.44. The number of ether oxygens (including phenoxy) is 1. The van der Waals surface area contributed by atoms with E-state index < -0.39 is 5.60 Å². The number of aliphatic hydroxyl groups is 1. The Morgan fingerprint density at radius 3 is 2.35 bits per heavy atom. The molecule has 0 bridgehead atoms. The summed E-state index contributed by atoms with van der Waals surface area (Å²) in [5.74, 6) is 0.848. The molecule has 96 valence electrons. The molecule has 2 N–H and O–H groups in total. The van der Waals surface area contributed by atoms with Crippen LogP contribution in [0, 0.1) is 0 Å². The molecule has 1 unspecified atom stereocenters. The van der Waals surface area contributed by atoms with Crippen LogP contribution in [-0.4, -0.2) is 24.4 Å². The normalized spacial score (nSPS) is 13.5. The Morgan fingerprint density at radius 2 is 1.88 bits per heavy atom. The molecule has 0 aliphatic rings. The Labute approximate surface area is 104 Å². The van der Waals surface area contributed by atoms with Crippen LogP contribution in [0.2, 0.25) is 0 Å². The fourth-order valence-electron chi connectivity index (χ4n) is 1.44. The molecule has 0 aromatic heterocycles. The van der Waals surface area contributed by atoms with Gasteiger partial charge in [-0.25, -0.2) is 0 Å². The van der Waals surface area contributed by atoms with Crippen LogP contribution in [0.4, 0.5) is 0 Å². The van der Waals surface area contributed by atoms with Crippen LogP contribution < -0.4 is 10.1 Å². The topological polar surface area (TPSA) is 41.5 Å². The minimum Gasteiger partial charge on any atom is -0.493 e. The van der Waals surface area contributed by atoms with Crippen LogP contribution in [0.3, 0.4) is 0 Å². The largest absolute Gasteiger partial charge is 0.493 e. The molecule has 1 aromatic carbocycles. The molecule has 0 aliphatic heterocycles. The average molecular weight is 237 g/mol. The highest BCUT2D eigenvalue weighted by Gasteiger charge is 2.12. The fraction of sp³-hybridized carbons (Fsp3) is 0.571. The highest BCUT2D eigenvalue weighted by molar-refractivity contribution is 5.28. The Kier molecular flexibility index (Phi) is 4.97. The van der Waals surface area contributed by atoms with E-state index in [0.717, 1.165) is 5.75 Å². The van der Waals surface area contributed by atoms with Crippen molar-refractivity contribution < 1.29 is 9.84 Å². The Balaban J connectivity index is 2.46. The zero-order valence-corrected chi connectivity index (χ0v) is 11.2. The van der Waals surface area contributed by atoms with Gasteiger partial charge in [0.2, 0.25) is 0 Å². The summed E-state index contributed by atoms with van der Waals surface area (Å²) in [5.41, 5.74) is 0.572. The predicted molar refractivity (Wildman–Crippen MR) is 70.3 cm³/mol. The first-order valence-corrected chi connectivity index (χ1v) is 6.05. The molecule has 0 saturated heterocycles. The molecule has 1 aromatic rings. The highest BCUT2D eigenvalue weighted by atomic mass is 16.5. The maximum atomic E-state index is 9.56. The molecule has 3 heteroatoms. The van der Waals surface area contributed by atoms with Gasteiger partial charge in [0.25, 0.3) is 0 Å². The summed E-state index contributed by atoms with van der Waals surface area (Å²) in [6, 6.07) is 8.39. The van der Waals surface area contributed by atoms with Gasteiger partial charge in [-0.05, 0) is 45.5 Å². The van der Waals surface area contributed by atoms with E-state index in [1.165, 1.54) is 5.56 Å². The van der Waals surface area contributed by atoms with Crippen LogP contribution >= 0.6 is 0 Å². The van der Waals surface area contributed by atoms with Crippen molar-refractivity contribution in [3.8, 4) is 5.75 Å². The van der Waals surface area contributed by atoms with Crippen LogP contribution in [0.25, 0.3) is 0 Å². The van der Waals surface area contributed by atoms with Crippen molar-refractivity contribution >= 4 is 0 Å². The van der Waals surface area contributed by atoms with Crippen molar-refractivity contribution in [1.82, 2.24) is 5.32 Å². The Bertz CT molecular complexity index is 327. The molecule has 17 heavy (non-hydrogen) atoms. The van der Waals surface area contributed by atoms with Gasteiger partial charge in [-0.15, -0.1) is 0 Å². The summed E-state index contributed by atoms with van der Waals surface area (Å²) in [4.78, 5) is 0. The summed E-state index contributed by atoms with van der Waals surface area (Å²) in [5, 5.41) is 12.7. The standard InChI is InChI=1S/C14H23NO2/c1-11(15-4)12-5-7-13(8-6-12)17-10-9-14(2,3)16/h5-8,11,15-16H,9-10H2,1-4H3. The summed E-state index contributed by atoms with van der Waals surface area (Å²) >= 11 is 0. The van der Waals surface area contributed by atoms with Gasteiger partial charge >= 0.3 is 0 Å². The van der Waals surface area contributed by atoms with E-state index in [-0.39, 0.29) is 0 Å². The molecule has 0 fully saturated rings. The molecule has 0 amide bonds. The molecule has 0 spiro atoms. The molecule has 1 rings (SSSR count). The first-order chi connectivity index (χ1) is 7.92. The average Bonchev–Trinajstić information content (AvgIpc) is 2.27. The second kappa shape index (κ2) is 6.03. The van der Waals surface area contributed by atoms with Crippen LogP contribution in [0.1, 0.15) is 38.8 Å². The first kappa shape index (κ1) is 14.0. The lowest BCUT2D eigenvalue weighted by Gasteiger charge is -2.17.